The average molecular weight is 349 g/mol. The van der Waals surface area contributed by atoms with E-state index in [0.717, 1.165) is 12.0 Å². The Morgan fingerprint density at radius 3 is 2.78 bits per heavy atom. The maximum Gasteiger partial charge on any atom is 0.223 e. The fraction of sp³-hybridized carbons (Fsp3) is 0.471. The molecule has 1 amide bonds. The van der Waals surface area contributed by atoms with Gasteiger partial charge < -0.3 is 5.32 Å². The van der Waals surface area contributed by atoms with Crippen LogP contribution in [0.15, 0.2) is 29.6 Å². The predicted molar refractivity (Wildman–Crippen MR) is 92.1 cm³/mol. The standard InChI is InChI=1S/C17H19NO3S2/c19-16(14-9-17(14)5-7-23(20,21)8-6-17)18-10-12-11-22-15-4-2-1-3-13(12)15/h1-4,11,14H,5-10H2,(H,18,19). The van der Waals surface area contributed by atoms with E-state index in [2.05, 4.69) is 22.8 Å². The third kappa shape index (κ3) is 2.78. The van der Waals surface area contributed by atoms with Gasteiger partial charge in [-0.2, -0.15) is 0 Å². The van der Waals surface area contributed by atoms with Gasteiger partial charge in [-0.15, -0.1) is 11.3 Å². The quantitative estimate of drug-likeness (QED) is 0.927. The zero-order valence-corrected chi connectivity index (χ0v) is 14.4. The molecule has 1 aromatic carbocycles. The number of hydrogen-bond acceptors (Lipinski definition) is 4. The van der Waals surface area contributed by atoms with Gasteiger partial charge in [-0.25, -0.2) is 8.42 Å². The van der Waals surface area contributed by atoms with Gasteiger partial charge in [0.15, 0.2) is 0 Å². The van der Waals surface area contributed by atoms with Crippen LogP contribution < -0.4 is 5.32 Å². The fourth-order valence-electron chi connectivity index (χ4n) is 3.69. The second kappa shape index (κ2) is 5.31. The van der Waals surface area contributed by atoms with Crippen molar-refractivity contribution in [1.29, 1.82) is 0 Å². The first-order valence-corrected chi connectivity index (χ1v) is 10.6. The molecule has 0 bridgehead atoms. The minimum Gasteiger partial charge on any atom is -0.352 e. The third-order valence-electron chi connectivity index (χ3n) is 5.34. The zero-order valence-electron chi connectivity index (χ0n) is 12.7. The van der Waals surface area contributed by atoms with Crippen molar-refractivity contribution in [3.63, 3.8) is 0 Å². The van der Waals surface area contributed by atoms with Crippen LogP contribution in [0.1, 0.15) is 24.8 Å². The number of hydrogen-bond donors (Lipinski definition) is 1. The molecule has 1 aliphatic heterocycles. The fourth-order valence-corrected chi connectivity index (χ4v) is 6.29. The van der Waals surface area contributed by atoms with Gasteiger partial charge in [0, 0.05) is 17.2 Å². The Labute approximate surface area is 139 Å². The summed E-state index contributed by atoms with van der Waals surface area (Å²) in [5.74, 6) is 0.570. The molecule has 1 aromatic heterocycles. The summed E-state index contributed by atoms with van der Waals surface area (Å²) in [6, 6.07) is 8.20. The van der Waals surface area contributed by atoms with Gasteiger partial charge in [0.05, 0.1) is 11.5 Å². The molecule has 2 aromatic rings. The van der Waals surface area contributed by atoms with Crippen molar-refractivity contribution in [3.05, 3.63) is 35.2 Å². The monoisotopic (exact) mass is 349 g/mol. The maximum absolute atomic E-state index is 12.4. The van der Waals surface area contributed by atoms with Crippen molar-refractivity contribution in [3.8, 4) is 0 Å². The highest BCUT2D eigenvalue weighted by molar-refractivity contribution is 7.91. The van der Waals surface area contributed by atoms with Crippen molar-refractivity contribution in [1.82, 2.24) is 5.32 Å². The Balaban J connectivity index is 1.38. The molecule has 4 rings (SSSR count). The number of benzene rings is 1. The van der Waals surface area contributed by atoms with E-state index in [9.17, 15) is 13.2 Å². The van der Waals surface area contributed by atoms with Gasteiger partial charge in [0.1, 0.15) is 9.84 Å². The number of carbonyl (C=O) groups excluding carboxylic acids is 1. The van der Waals surface area contributed by atoms with E-state index in [1.54, 1.807) is 11.3 Å². The Kier molecular flexibility index (Phi) is 3.50. The van der Waals surface area contributed by atoms with E-state index in [4.69, 9.17) is 0 Å². The summed E-state index contributed by atoms with van der Waals surface area (Å²) >= 11 is 1.69. The lowest BCUT2D eigenvalue weighted by atomic mass is 9.96. The molecule has 1 N–H and O–H groups in total. The smallest absolute Gasteiger partial charge is 0.223 e. The molecule has 2 aliphatic rings. The molecule has 1 aliphatic carbocycles. The van der Waals surface area contributed by atoms with Crippen LogP contribution >= 0.6 is 11.3 Å². The largest absolute Gasteiger partial charge is 0.352 e. The van der Waals surface area contributed by atoms with E-state index in [0.29, 0.717) is 19.4 Å². The van der Waals surface area contributed by atoms with Crippen LogP contribution in [0.3, 0.4) is 0 Å². The molecule has 2 fully saturated rings. The Bertz CT molecular complexity index is 855. The third-order valence-corrected chi connectivity index (χ3v) is 8.01. The highest BCUT2D eigenvalue weighted by atomic mass is 32.2. The van der Waals surface area contributed by atoms with Gasteiger partial charge >= 0.3 is 0 Å². The molecular weight excluding hydrogens is 330 g/mol. The van der Waals surface area contributed by atoms with Crippen LogP contribution in [0.5, 0.6) is 0 Å². The van der Waals surface area contributed by atoms with Crippen LogP contribution in [0.25, 0.3) is 10.1 Å². The highest BCUT2D eigenvalue weighted by Gasteiger charge is 2.59. The molecule has 23 heavy (non-hydrogen) atoms. The Morgan fingerprint density at radius 2 is 2.00 bits per heavy atom. The van der Waals surface area contributed by atoms with Gasteiger partial charge in [-0.1, -0.05) is 18.2 Å². The van der Waals surface area contributed by atoms with Crippen molar-refractivity contribution in [2.24, 2.45) is 11.3 Å². The van der Waals surface area contributed by atoms with Gasteiger partial charge in [-0.05, 0) is 47.1 Å². The summed E-state index contributed by atoms with van der Waals surface area (Å²) in [5.41, 5.74) is 1.12. The highest BCUT2D eigenvalue weighted by Crippen LogP contribution is 2.59. The summed E-state index contributed by atoms with van der Waals surface area (Å²) in [6.07, 6.45) is 2.14. The summed E-state index contributed by atoms with van der Waals surface area (Å²) in [5, 5.41) is 6.35. The number of fused-ring (bicyclic) bond motifs is 1. The molecular formula is C17H19NO3S2. The second-order valence-electron chi connectivity index (χ2n) is 6.75. The molecule has 6 heteroatoms. The van der Waals surface area contributed by atoms with E-state index >= 15 is 0 Å². The lowest BCUT2D eigenvalue weighted by Gasteiger charge is -2.22. The number of thiophene rings is 1. The predicted octanol–water partition coefficient (Wildman–Crippen LogP) is 2.73. The minimum atomic E-state index is -2.87. The second-order valence-corrected chi connectivity index (χ2v) is 9.96. The van der Waals surface area contributed by atoms with Gasteiger partial charge in [0.25, 0.3) is 0 Å². The first-order valence-electron chi connectivity index (χ1n) is 7.92. The van der Waals surface area contributed by atoms with Crippen LogP contribution in [0.2, 0.25) is 0 Å². The van der Waals surface area contributed by atoms with E-state index in [-0.39, 0.29) is 28.7 Å². The van der Waals surface area contributed by atoms with Gasteiger partial charge in [-0.3, -0.25) is 4.79 Å². The first kappa shape index (κ1) is 15.1. The number of amides is 1. The van der Waals surface area contributed by atoms with Gasteiger partial charge in [0.2, 0.25) is 5.91 Å². The first-order chi connectivity index (χ1) is 11.0. The number of nitrogens with one attached hydrogen (secondary N) is 1. The van der Waals surface area contributed by atoms with Crippen molar-refractivity contribution in [2.45, 2.75) is 25.8 Å². The van der Waals surface area contributed by atoms with Crippen molar-refractivity contribution >= 4 is 37.2 Å². The van der Waals surface area contributed by atoms with E-state index < -0.39 is 9.84 Å². The van der Waals surface area contributed by atoms with E-state index in [1.807, 2.05) is 12.1 Å². The van der Waals surface area contributed by atoms with Crippen LogP contribution in [-0.2, 0) is 21.2 Å². The summed E-state index contributed by atoms with van der Waals surface area (Å²) in [6.45, 7) is 0.549. The summed E-state index contributed by atoms with van der Waals surface area (Å²) in [4.78, 5) is 12.4. The zero-order chi connectivity index (χ0) is 16.1. The van der Waals surface area contributed by atoms with Crippen molar-refractivity contribution in [2.75, 3.05) is 11.5 Å². The lowest BCUT2D eigenvalue weighted by molar-refractivity contribution is -0.123. The van der Waals surface area contributed by atoms with Crippen LogP contribution in [0, 0.1) is 11.3 Å². The number of rotatable bonds is 3. The number of sulfone groups is 1. The molecule has 122 valence electrons. The topological polar surface area (TPSA) is 63.2 Å². The molecule has 1 saturated heterocycles. The number of carbonyl (C=O) groups is 1. The maximum atomic E-state index is 12.4. The molecule has 1 spiro atoms. The van der Waals surface area contributed by atoms with E-state index in [1.165, 1.54) is 10.1 Å². The molecule has 0 radical (unpaired) electrons. The van der Waals surface area contributed by atoms with Crippen LogP contribution in [-0.4, -0.2) is 25.8 Å². The summed E-state index contributed by atoms with van der Waals surface area (Å²) < 4.78 is 24.3. The Hall–Kier alpha value is -1.40. The van der Waals surface area contributed by atoms with Crippen LogP contribution in [0.4, 0.5) is 0 Å². The SMILES string of the molecule is O=C(NCc1csc2ccccc12)C1CC12CCS(=O)(=O)CC2. The van der Waals surface area contributed by atoms with Crippen molar-refractivity contribution < 1.29 is 13.2 Å². The molecule has 2 heterocycles. The Morgan fingerprint density at radius 1 is 1.26 bits per heavy atom. The summed E-state index contributed by atoms with van der Waals surface area (Å²) in [7, 11) is -2.87. The molecule has 1 unspecified atom stereocenters. The molecule has 1 atom stereocenters. The molecule has 1 saturated carbocycles. The molecule has 4 nitrogen and oxygen atoms in total. The normalized spacial score (nSPS) is 24.6. The minimum absolute atomic E-state index is 0.00269. The lowest BCUT2D eigenvalue weighted by Crippen LogP contribution is -2.31. The average Bonchev–Trinajstić information content (AvgIpc) is 3.11.